The third-order valence-electron chi connectivity index (χ3n) is 6.12. The normalized spacial score (nSPS) is 14.8. The van der Waals surface area contributed by atoms with Crippen LogP contribution in [0.15, 0.2) is 46.1 Å². The van der Waals surface area contributed by atoms with E-state index in [1.165, 1.54) is 48.1 Å². The molecule has 0 bridgehead atoms. The number of hydrogen-bond acceptors (Lipinski definition) is 5. The number of rotatable bonds is 7. The van der Waals surface area contributed by atoms with Gasteiger partial charge in [0.1, 0.15) is 5.65 Å². The average Bonchev–Trinajstić information content (AvgIpc) is 3.09. The van der Waals surface area contributed by atoms with Gasteiger partial charge in [0, 0.05) is 25.8 Å². The average molecular weight is 450 g/mol. The van der Waals surface area contributed by atoms with Crippen LogP contribution in [0.25, 0.3) is 11.0 Å². The van der Waals surface area contributed by atoms with Crippen molar-refractivity contribution < 1.29 is 4.79 Å². The maximum absolute atomic E-state index is 12.7. The number of carbonyl (C=O) groups is 1. The Bertz CT molecular complexity index is 1220. The van der Waals surface area contributed by atoms with Crippen LogP contribution in [-0.2, 0) is 19.6 Å². The van der Waals surface area contributed by atoms with Crippen molar-refractivity contribution in [3.63, 3.8) is 0 Å². The Morgan fingerprint density at radius 1 is 1.06 bits per heavy atom. The van der Waals surface area contributed by atoms with E-state index in [0.29, 0.717) is 18.7 Å². The third-order valence-corrected chi connectivity index (χ3v) is 6.12. The Balaban J connectivity index is 1.41. The molecule has 8 nitrogen and oxygen atoms in total. The molecule has 1 fully saturated rings. The van der Waals surface area contributed by atoms with Crippen molar-refractivity contribution >= 4 is 16.9 Å². The zero-order valence-corrected chi connectivity index (χ0v) is 19.1. The highest BCUT2D eigenvalue weighted by Crippen LogP contribution is 2.14. The second kappa shape index (κ2) is 10.6. The van der Waals surface area contributed by atoms with E-state index in [4.69, 9.17) is 0 Å². The molecular weight excluding hydrogens is 418 g/mol. The molecule has 1 aliphatic heterocycles. The highest BCUT2D eigenvalue weighted by molar-refractivity contribution is 5.96. The SMILES string of the molecule is CCCn1c(=O)[nH]c(=O)c2cc(C(=O)NCc3ccc(CN4CCCCCC4)cc3)cnc21. The molecular formula is C25H31N5O3. The van der Waals surface area contributed by atoms with Gasteiger partial charge >= 0.3 is 5.69 Å². The zero-order chi connectivity index (χ0) is 23.2. The zero-order valence-electron chi connectivity index (χ0n) is 19.1. The van der Waals surface area contributed by atoms with Crippen LogP contribution < -0.4 is 16.6 Å². The minimum atomic E-state index is -0.537. The first-order valence-electron chi connectivity index (χ1n) is 11.8. The number of nitrogens with one attached hydrogen (secondary N) is 2. The van der Waals surface area contributed by atoms with E-state index in [1.807, 2.05) is 19.1 Å². The lowest BCUT2D eigenvalue weighted by atomic mass is 10.1. The number of benzene rings is 1. The number of pyridine rings is 1. The molecule has 0 atom stereocenters. The van der Waals surface area contributed by atoms with E-state index in [-0.39, 0.29) is 16.9 Å². The topological polar surface area (TPSA) is 100 Å². The van der Waals surface area contributed by atoms with Crippen LogP contribution >= 0.6 is 0 Å². The number of aryl methyl sites for hydroxylation is 1. The molecule has 33 heavy (non-hydrogen) atoms. The van der Waals surface area contributed by atoms with Gasteiger partial charge in [-0.25, -0.2) is 9.78 Å². The van der Waals surface area contributed by atoms with Crippen molar-refractivity contribution in [1.82, 2.24) is 24.8 Å². The van der Waals surface area contributed by atoms with E-state index in [1.54, 1.807) is 0 Å². The fourth-order valence-electron chi connectivity index (χ4n) is 4.32. The molecule has 1 aliphatic rings. The Morgan fingerprint density at radius 3 is 2.45 bits per heavy atom. The molecule has 0 saturated carbocycles. The van der Waals surface area contributed by atoms with E-state index < -0.39 is 11.2 Å². The summed E-state index contributed by atoms with van der Waals surface area (Å²) >= 11 is 0. The van der Waals surface area contributed by atoms with Crippen LogP contribution in [0, 0.1) is 0 Å². The molecule has 2 aromatic heterocycles. The maximum atomic E-state index is 12.7. The van der Waals surface area contributed by atoms with Crippen molar-refractivity contribution in [3.8, 4) is 0 Å². The lowest BCUT2D eigenvalue weighted by Gasteiger charge is -2.19. The van der Waals surface area contributed by atoms with Gasteiger partial charge in [0.15, 0.2) is 0 Å². The second-order valence-electron chi connectivity index (χ2n) is 8.70. The number of H-pyrrole nitrogens is 1. The molecule has 3 heterocycles. The van der Waals surface area contributed by atoms with Crippen LogP contribution in [0.5, 0.6) is 0 Å². The molecule has 1 amide bonds. The fraction of sp³-hybridized carbons (Fsp3) is 0.440. The van der Waals surface area contributed by atoms with Crippen molar-refractivity contribution in [3.05, 3.63) is 74.1 Å². The first-order valence-corrected chi connectivity index (χ1v) is 11.8. The molecule has 8 heteroatoms. The van der Waals surface area contributed by atoms with Crippen LogP contribution in [0.3, 0.4) is 0 Å². The van der Waals surface area contributed by atoms with Crippen molar-refractivity contribution in [2.75, 3.05) is 13.1 Å². The van der Waals surface area contributed by atoms with Gasteiger partial charge in [0.25, 0.3) is 11.5 Å². The molecule has 1 saturated heterocycles. The number of hydrogen-bond donors (Lipinski definition) is 2. The lowest BCUT2D eigenvalue weighted by molar-refractivity contribution is 0.0950. The van der Waals surface area contributed by atoms with Crippen molar-refractivity contribution in [2.45, 2.75) is 58.7 Å². The van der Waals surface area contributed by atoms with Crippen LogP contribution in [-0.4, -0.2) is 38.4 Å². The molecule has 174 valence electrons. The Kier molecular flexibility index (Phi) is 7.34. The molecule has 3 aromatic rings. The fourth-order valence-corrected chi connectivity index (χ4v) is 4.32. The second-order valence-corrected chi connectivity index (χ2v) is 8.70. The van der Waals surface area contributed by atoms with Crippen LogP contribution in [0.1, 0.15) is 60.5 Å². The number of aromatic nitrogens is 3. The quantitative estimate of drug-likeness (QED) is 0.578. The summed E-state index contributed by atoms with van der Waals surface area (Å²) in [7, 11) is 0. The Hall–Kier alpha value is -3.26. The summed E-state index contributed by atoms with van der Waals surface area (Å²) < 4.78 is 1.42. The smallest absolute Gasteiger partial charge is 0.329 e. The molecule has 0 aliphatic carbocycles. The van der Waals surface area contributed by atoms with Gasteiger partial charge < -0.3 is 5.32 Å². The number of carbonyl (C=O) groups excluding carboxylic acids is 1. The minimum absolute atomic E-state index is 0.230. The largest absolute Gasteiger partial charge is 0.348 e. The first kappa shape index (κ1) is 22.9. The highest BCUT2D eigenvalue weighted by Gasteiger charge is 2.13. The number of amides is 1. The molecule has 1 aromatic carbocycles. The minimum Gasteiger partial charge on any atom is -0.348 e. The van der Waals surface area contributed by atoms with Gasteiger partial charge in [-0.3, -0.25) is 24.0 Å². The summed E-state index contributed by atoms with van der Waals surface area (Å²) in [5.74, 6) is -0.314. The Morgan fingerprint density at radius 2 is 1.76 bits per heavy atom. The van der Waals surface area contributed by atoms with E-state index in [2.05, 4.69) is 32.3 Å². The predicted molar refractivity (Wildman–Crippen MR) is 128 cm³/mol. The number of aromatic amines is 1. The molecule has 0 radical (unpaired) electrons. The van der Waals surface area contributed by atoms with E-state index >= 15 is 0 Å². The summed E-state index contributed by atoms with van der Waals surface area (Å²) in [6.45, 7) is 6.05. The number of fused-ring (bicyclic) bond motifs is 1. The van der Waals surface area contributed by atoms with E-state index in [0.717, 1.165) is 31.6 Å². The summed E-state index contributed by atoms with van der Waals surface area (Å²) in [5, 5.41) is 3.12. The first-order chi connectivity index (χ1) is 16.0. The van der Waals surface area contributed by atoms with E-state index in [9.17, 15) is 14.4 Å². The standard InChI is InChI=1S/C25H31N5O3/c1-2-11-30-22-21(24(32)28-25(30)33)14-20(16-26-22)23(31)27-15-18-7-9-19(10-8-18)17-29-12-5-3-4-6-13-29/h7-10,14,16H,2-6,11-13,15,17H2,1H3,(H,27,31)(H,28,32,33). The molecule has 4 rings (SSSR count). The highest BCUT2D eigenvalue weighted by atomic mass is 16.2. The van der Waals surface area contributed by atoms with Gasteiger partial charge in [0.05, 0.1) is 10.9 Å². The summed E-state index contributed by atoms with van der Waals surface area (Å²) in [6, 6.07) is 9.82. The number of likely N-dealkylation sites (tertiary alicyclic amines) is 1. The van der Waals surface area contributed by atoms with Gasteiger partial charge in [0.2, 0.25) is 0 Å². The summed E-state index contributed by atoms with van der Waals surface area (Å²) in [6.07, 6.45) is 7.34. The number of nitrogens with zero attached hydrogens (tertiary/aromatic N) is 3. The van der Waals surface area contributed by atoms with Crippen molar-refractivity contribution in [1.29, 1.82) is 0 Å². The summed E-state index contributed by atoms with van der Waals surface area (Å²) in [5.41, 5.74) is 1.84. The van der Waals surface area contributed by atoms with Gasteiger partial charge in [-0.1, -0.05) is 44.0 Å². The van der Waals surface area contributed by atoms with Gasteiger partial charge in [-0.2, -0.15) is 0 Å². The summed E-state index contributed by atoms with van der Waals surface area (Å²) in [4.78, 5) is 46.1. The predicted octanol–water partition coefficient (Wildman–Crippen LogP) is 2.80. The van der Waals surface area contributed by atoms with Gasteiger partial charge in [-0.15, -0.1) is 0 Å². The van der Waals surface area contributed by atoms with Crippen LogP contribution in [0.4, 0.5) is 0 Å². The monoisotopic (exact) mass is 449 g/mol. The Labute approximate surface area is 192 Å². The third kappa shape index (κ3) is 5.57. The van der Waals surface area contributed by atoms with Crippen LogP contribution in [0.2, 0.25) is 0 Å². The van der Waals surface area contributed by atoms with Crippen molar-refractivity contribution in [2.24, 2.45) is 0 Å². The maximum Gasteiger partial charge on any atom is 0.329 e. The molecule has 0 spiro atoms. The lowest BCUT2D eigenvalue weighted by Crippen LogP contribution is -2.31. The molecule has 0 unspecified atom stereocenters. The van der Waals surface area contributed by atoms with Gasteiger partial charge in [-0.05, 0) is 49.5 Å². The molecule has 2 N–H and O–H groups in total.